The van der Waals surface area contributed by atoms with Gasteiger partial charge in [0.1, 0.15) is 11.6 Å². The monoisotopic (exact) mass is 357 g/mol. The van der Waals surface area contributed by atoms with E-state index < -0.39 is 17.7 Å². The van der Waals surface area contributed by atoms with Gasteiger partial charge in [-0.3, -0.25) is 4.79 Å². The van der Waals surface area contributed by atoms with E-state index in [-0.39, 0.29) is 11.5 Å². The fourth-order valence-electron chi connectivity index (χ4n) is 3.09. The quantitative estimate of drug-likeness (QED) is 0.761. The highest BCUT2D eigenvalue weighted by molar-refractivity contribution is 6.06. The maximum absolute atomic E-state index is 14.0. The lowest BCUT2D eigenvalue weighted by molar-refractivity contribution is 0.0940. The van der Waals surface area contributed by atoms with Crippen LogP contribution < -0.4 is 5.32 Å². The minimum atomic E-state index is -0.697. The second-order valence-electron chi connectivity index (χ2n) is 6.68. The predicted octanol–water partition coefficient (Wildman–Crippen LogP) is 4.18. The topological polar surface area (TPSA) is 68.0 Å². The van der Waals surface area contributed by atoms with Crippen molar-refractivity contribution in [3.05, 3.63) is 58.4 Å². The zero-order valence-electron chi connectivity index (χ0n) is 14.3. The molecule has 0 saturated heterocycles. The highest BCUT2D eigenvalue weighted by Gasteiger charge is 2.29. The third-order valence-corrected chi connectivity index (χ3v) is 4.65. The van der Waals surface area contributed by atoms with E-state index in [1.165, 1.54) is 12.1 Å². The Morgan fingerprint density at radius 1 is 1.31 bits per heavy atom. The summed E-state index contributed by atoms with van der Waals surface area (Å²) in [6, 6.07) is 4.43. The van der Waals surface area contributed by atoms with E-state index in [2.05, 4.69) is 15.5 Å². The Balaban J connectivity index is 1.68. The molecule has 2 aromatic heterocycles. The molecule has 3 aromatic rings. The average Bonchev–Trinajstić information content (AvgIpc) is 3.38. The summed E-state index contributed by atoms with van der Waals surface area (Å²) in [6.07, 6.45) is 2.06. The molecular weight excluding hydrogens is 340 g/mol. The smallest absolute Gasteiger partial charge is 0.259 e. The number of amides is 1. The van der Waals surface area contributed by atoms with Crippen molar-refractivity contribution < 1.29 is 18.1 Å². The van der Waals surface area contributed by atoms with E-state index in [9.17, 15) is 13.6 Å². The zero-order chi connectivity index (χ0) is 18.4. The highest BCUT2D eigenvalue weighted by atomic mass is 19.1. The van der Waals surface area contributed by atoms with Crippen molar-refractivity contribution in [1.29, 1.82) is 0 Å². The molecule has 2 heterocycles. The van der Waals surface area contributed by atoms with E-state index in [4.69, 9.17) is 4.52 Å². The van der Waals surface area contributed by atoms with Gasteiger partial charge in [-0.25, -0.2) is 13.8 Å². The molecule has 5 nitrogen and oxygen atoms in total. The number of benzene rings is 1. The standard InChI is InChI=1S/C19H17F2N3O2/c1-9(13-6-5-12(20)7-15(13)21)22-18(25)14-8-16(11-3-4-11)23-19-17(14)10(2)24-26-19/h5-9,11H,3-4H2,1-2H3,(H,22,25)/t9-/m1/s1. The molecular formula is C19H17F2N3O2. The lowest BCUT2D eigenvalue weighted by Crippen LogP contribution is -2.27. The molecule has 7 heteroatoms. The highest BCUT2D eigenvalue weighted by Crippen LogP contribution is 2.40. The predicted molar refractivity (Wildman–Crippen MR) is 90.8 cm³/mol. The fourth-order valence-corrected chi connectivity index (χ4v) is 3.09. The molecule has 1 N–H and O–H groups in total. The number of fused-ring (bicyclic) bond motifs is 1. The normalized spacial score (nSPS) is 15.2. The Morgan fingerprint density at radius 2 is 2.08 bits per heavy atom. The molecule has 4 rings (SSSR count). The molecule has 0 aliphatic heterocycles. The van der Waals surface area contributed by atoms with Crippen LogP contribution in [0.25, 0.3) is 11.1 Å². The molecule has 0 bridgehead atoms. The minimum Gasteiger partial charge on any atom is -0.345 e. The van der Waals surface area contributed by atoms with Gasteiger partial charge in [0.25, 0.3) is 11.6 Å². The van der Waals surface area contributed by atoms with Crippen molar-refractivity contribution in [2.45, 2.75) is 38.6 Å². The van der Waals surface area contributed by atoms with Crippen molar-refractivity contribution in [2.24, 2.45) is 0 Å². The number of rotatable bonds is 4. The van der Waals surface area contributed by atoms with Gasteiger partial charge in [-0.05, 0) is 38.8 Å². The largest absolute Gasteiger partial charge is 0.345 e. The van der Waals surface area contributed by atoms with Crippen LogP contribution in [0.4, 0.5) is 8.78 Å². The minimum absolute atomic E-state index is 0.217. The van der Waals surface area contributed by atoms with Gasteiger partial charge in [-0.1, -0.05) is 11.2 Å². The first-order chi connectivity index (χ1) is 12.4. The van der Waals surface area contributed by atoms with Crippen LogP contribution in [0.1, 0.15) is 59.0 Å². The van der Waals surface area contributed by atoms with Crippen LogP contribution in [0.5, 0.6) is 0 Å². The Hall–Kier alpha value is -2.83. The second-order valence-corrected chi connectivity index (χ2v) is 6.68. The van der Waals surface area contributed by atoms with Gasteiger partial charge in [0.2, 0.25) is 0 Å². The summed E-state index contributed by atoms with van der Waals surface area (Å²) < 4.78 is 32.3. The summed E-state index contributed by atoms with van der Waals surface area (Å²) in [4.78, 5) is 17.3. The number of aryl methyl sites for hydroxylation is 1. The maximum Gasteiger partial charge on any atom is 0.259 e. The first kappa shape index (κ1) is 16.6. The Bertz CT molecular complexity index is 1010. The van der Waals surface area contributed by atoms with Crippen molar-refractivity contribution in [3.8, 4) is 0 Å². The Morgan fingerprint density at radius 3 is 2.77 bits per heavy atom. The van der Waals surface area contributed by atoms with Crippen LogP contribution in [0, 0.1) is 18.6 Å². The average molecular weight is 357 g/mol. The van der Waals surface area contributed by atoms with E-state index >= 15 is 0 Å². The summed E-state index contributed by atoms with van der Waals surface area (Å²) >= 11 is 0. The maximum atomic E-state index is 14.0. The summed E-state index contributed by atoms with van der Waals surface area (Å²) in [5.41, 5.74) is 2.33. The van der Waals surface area contributed by atoms with Gasteiger partial charge in [-0.15, -0.1) is 0 Å². The molecule has 1 aliphatic rings. The first-order valence-electron chi connectivity index (χ1n) is 8.46. The summed E-state index contributed by atoms with van der Waals surface area (Å²) in [5, 5.41) is 7.23. The lowest BCUT2D eigenvalue weighted by atomic mass is 10.0. The summed E-state index contributed by atoms with van der Waals surface area (Å²) in [7, 11) is 0. The number of carbonyl (C=O) groups is 1. The third kappa shape index (κ3) is 2.94. The molecule has 0 unspecified atom stereocenters. The molecule has 1 fully saturated rings. The molecule has 0 spiro atoms. The van der Waals surface area contributed by atoms with Crippen LogP contribution in [0.3, 0.4) is 0 Å². The van der Waals surface area contributed by atoms with Gasteiger partial charge < -0.3 is 9.84 Å². The molecule has 1 atom stereocenters. The van der Waals surface area contributed by atoms with Gasteiger partial charge in [0.05, 0.1) is 22.7 Å². The number of nitrogens with one attached hydrogen (secondary N) is 1. The van der Waals surface area contributed by atoms with Crippen molar-refractivity contribution in [2.75, 3.05) is 0 Å². The van der Waals surface area contributed by atoms with Gasteiger partial charge in [0.15, 0.2) is 0 Å². The number of carbonyl (C=O) groups excluding carboxylic acids is 1. The van der Waals surface area contributed by atoms with E-state index in [1.54, 1.807) is 19.9 Å². The van der Waals surface area contributed by atoms with Crippen LogP contribution in [0.15, 0.2) is 28.8 Å². The number of aromatic nitrogens is 2. The summed E-state index contributed by atoms with van der Waals surface area (Å²) in [5.74, 6) is -1.39. The SMILES string of the molecule is Cc1noc2nc(C3CC3)cc(C(=O)N[C@H](C)c3ccc(F)cc3F)c12. The zero-order valence-corrected chi connectivity index (χ0v) is 14.3. The molecule has 1 amide bonds. The number of hydrogen-bond acceptors (Lipinski definition) is 4. The van der Waals surface area contributed by atoms with Crippen molar-refractivity contribution in [1.82, 2.24) is 15.5 Å². The molecule has 1 aliphatic carbocycles. The number of halogens is 2. The Labute approximate surface area is 148 Å². The van der Waals surface area contributed by atoms with Crippen LogP contribution in [-0.2, 0) is 0 Å². The van der Waals surface area contributed by atoms with Crippen LogP contribution in [0.2, 0.25) is 0 Å². The van der Waals surface area contributed by atoms with Gasteiger partial charge >= 0.3 is 0 Å². The third-order valence-electron chi connectivity index (χ3n) is 4.65. The van der Waals surface area contributed by atoms with E-state index in [0.717, 1.165) is 24.6 Å². The number of hydrogen-bond donors (Lipinski definition) is 1. The first-order valence-corrected chi connectivity index (χ1v) is 8.46. The molecule has 26 heavy (non-hydrogen) atoms. The molecule has 134 valence electrons. The summed E-state index contributed by atoms with van der Waals surface area (Å²) in [6.45, 7) is 3.39. The second kappa shape index (κ2) is 6.16. The molecule has 0 radical (unpaired) electrons. The van der Waals surface area contributed by atoms with E-state index in [0.29, 0.717) is 28.3 Å². The van der Waals surface area contributed by atoms with Gasteiger partial charge in [-0.2, -0.15) is 0 Å². The van der Waals surface area contributed by atoms with E-state index in [1.807, 2.05) is 0 Å². The van der Waals surface area contributed by atoms with Crippen LogP contribution >= 0.6 is 0 Å². The lowest BCUT2D eigenvalue weighted by Gasteiger charge is -2.16. The molecule has 1 saturated carbocycles. The van der Waals surface area contributed by atoms with Gasteiger partial charge in [0, 0.05) is 23.2 Å². The van der Waals surface area contributed by atoms with Crippen molar-refractivity contribution >= 4 is 17.0 Å². The van der Waals surface area contributed by atoms with Crippen molar-refractivity contribution in [3.63, 3.8) is 0 Å². The fraction of sp³-hybridized carbons (Fsp3) is 0.316. The Kier molecular flexibility index (Phi) is 3.94. The molecule has 1 aromatic carbocycles. The number of pyridine rings is 1. The number of nitrogens with zero attached hydrogens (tertiary/aromatic N) is 2. The van der Waals surface area contributed by atoms with Crippen LogP contribution in [-0.4, -0.2) is 16.0 Å².